The summed E-state index contributed by atoms with van der Waals surface area (Å²) in [6.45, 7) is 2.43. The minimum Gasteiger partial charge on any atom is -0.324 e. The lowest BCUT2D eigenvalue weighted by Crippen LogP contribution is -2.39. The topological polar surface area (TPSA) is 32.3 Å². The molecule has 3 aromatic rings. The van der Waals surface area contributed by atoms with Crippen molar-refractivity contribution in [3.8, 4) is 11.1 Å². The highest BCUT2D eigenvalue weighted by atomic mass is 19.1. The summed E-state index contributed by atoms with van der Waals surface area (Å²) >= 11 is 0. The first-order valence-electron chi connectivity index (χ1n) is 8.94. The molecule has 3 rings (SSSR count). The van der Waals surface area contributed by atoms with Crippen molar-refractivity contribution in [2.45, 2.75) is 19.5 Å². The summed E-state index contributed by atoms with van der Waals surface area (Å²) in [5, 5.41) is 3.04. The Hall–Kier alpha value is -2.98. The first kappa shape index (κ1) is 18.8. The Morgan fingerprint density at radius 1 is 0.963 bits per heavy atom. The predicted molar refractivity (Wildman–Crippen MR) is 108 cm³/mol. The number of carbonyl (C=O) groups excluding carboxylic acids is 1. The fourth-order valence-corrected chi connectivity index (χ4v) is 2.91. The number of hydrogen-bond donors (Lipinski definition) is 1. The molecule has 1 unspecified atom stereocenters. The molecule has 0 saturated heterocycles. The molecule has 0 aromatic heterocycles. The largest absolute Gasteiger partial charge is 0.324 e. The highest BCUT2D eigenvalue weighted by molar-refractivity contribution is 5.98. The third kappa shape index (κ3) is 4.80. The van der Waals surface area contributed by atoms with E-state index in [9.17, 15) is 9.18 Å². The Labute approximate surface area is 159 Å². The van der Waals surface area contributed by atoms with Crippen molar-refractivity contribution >= 4 is 11.6 Å². The molecular weight excluding hydrogens is 339 g/mol. The van der Waals surface area contributed by atoms with Gasteiger partial charge >= 0.3 is 0 Å². The van der Waals surface area contributed by atoms with Gasteiger partial charge in [0.1, 0.15) is 5.82 Å². The molecule has 0 aliphatic carbocycles. The number of hydrogen-bond acceptors (Lipinski definition) is 2. The number of benzene rings is 3. The van der Waals surface area contributed by atoms with Crippen LogP contribution >= 0.6 is 0 Å². The van der Waals surface area contributed by atoms with E-state index < -0.39 is 0 Å². The summed E-state index contributed by atoms with van der Waals surface area (Å²) in [5.74, 6) is -0.340. The summed E-state index contributed by atoms with van der Waals surface area (Å²) in [4.78, 5) is 14.7. The number of anilines is 1. The molecule has 0 aliphatic heterocycles. The zero-order valence-corrected chi connectivity index (χ0v) is 15.5. The SMILES string of the molecule is CC(C(=O)Nc1ccccc1-c1ccccc1)N(C)Cc1ccc(F)cc1. The van der Waals surface area contributed by atoms with E-state index in [0.29, 0.717) is 6.54 Å². The van der Waals surface area contributed by atoms with Crippen LogP contribution in [0, 0.1) is 5.82 Å². The van der Waals surface area contributed by atoms with Crippen LogP contribution in [0.1, 0.15) is 12.5 Å². The first-order valence-corrected chi connectivity index (χ1v) is 8.94. The number of para-hydroxylation sites is 1. The monoisotopic (exact) mass is 362 g/mol. The molecule has 1 atom stereocenters. The minimum atomic E-state index is -0.334. The molecule has 138 valence electrons. The molecule has 4 heteroatoms. The van der Waals surface area contributed by atoms with Crippen LogP contribution in [-0.4, -0.2) is 23.9 Å². The Balaban J connectivity index is 1.70. The van der Waals surface area contributed by atoms with E-state index in [4.69, 9.17) is 0 Å². The number of likely N-dealkylation sites (N-methyl/N-ethyl adjacent to an activating group) is 1. The number of nitrogens with zero attached hydrogens (tertiary/aromatic N) is 1. The second-order valence-electron chi connectivity index (χ2n) is 6.62. The van der Waals surface area contributed by atoms with Crippen LogP contribution in [0.3, 0.4) is 0 Å². The van der Waals surface area contributed by atoms with E-state index in [1.165, 1.54) is 12.1 Å². The molecule has 0 spiro atoms. The second kappa shape index (κ2) is 8.60. The van der Waals surface area contributed by atoms with Crippen molar-refractivity contribution < 1.29 is 9.18 Å². The summed E-state index contributed by atoms with van der Waals surface area (Å²) in [7, 11) is 1.89. The van der Waals surface area contributed by atoms with Gasteiger partial charge in [0.15, 0.2) is 0 Å². The minimum absolute atomic E-state index is 0.0806. The average Bonchev–Trinajstić information content (AvgIpc) is 2.70. The fraction of sp³-hybridized carbons (Fsp3) is 0.174. The standard InChI is InChI=1S/C23H23FN2O/c1-17(26(2)16-18-12-14-20(24)15-13-18)23(27)25-22-11-7-6-10-21(22)19-8-4-3-5-9-19/h3-15,17H,16H2,1-2H3,(H,25,27). The van der Waals surface area contributed by atoms with Gasteiger partial charge in [-0.05, 0) is 43.3 Å². The third-order valence-electron chi connectivity index (χ3n) is 4.66. The Morgan fingerprint density at radius 3 is 2.30 bits per heavy atom. The highest BCUT2D eigenvalue weighted by Crippen LogP contribution is 2.27. The van der Waals surface area contributed by atoms with Crippen molar-refractivity contribution in [2.75, 3.05) is 12.4 Å². The number of amides is 1. The van der Waals surface area contributed by atoms with Gasteiger partial charge in [-0.2, -0.15) is 0 Å². The van der Waals surface area contributed by atoms with Crippen molar-refractivity contribution in [3.63, 3.8) is 0 Å². The molecular formula is C23H23FN2O. The lowest BCUT2D eigenvalue weighted by Gasteiger charge is -2.24. The van der Waals surface area contributed by atoms with E-state index in [2.05, 4.69) is 5.32 Å². The molecule has 0 saturated carbocycles. The van der Waals surface area contributed by atoms with E-state index in [-0.39, 0.29) is 17.8 Å². The van der Waals surface area contributed by atoms with Crippen LogP contribution in [-0.2, 0) is 11.3 Å². The molecule has 0 aliphatic rings. The first-order chi connectivity index (χ1) is 13.0. The number of halogens is 1. The second-order valence-corrected chi connectivity index (χ2v) is 6.62. The van der Waals surface area contributed by atoms with Gasteiger partial charge in [0.25, 0.3) is 0 Å². The van der Waals surface area contributed by atoms with Gasteiger partial charge in [0.2, 0.25) is 5.91 Å². The van der Waals surface area contributed by atoms with Gasteiger partial charge in [-0.25, -0.2) is 4.39 Å². The van der Waals surface area contributed by atoms with Gasteiger partial charge in [0, 0.05) is 17.8 Å². The van der Waals surface area contributed by atoms with Crippen LogP contribution in [0.2, 0.25) is 0 Å². The Morgan fingerprint density at radius 2 is 1.59 bits per heavy atom. The van der Waals surface area contributed by atoms with Crippen LogP contribution in [0.25, 0.3) is 11.1 Å². The Kier molecular flexibility index (Phi) is 5.99. The molecule has 3 nitrogen and oxygen atoms in total. The van der Waals surface area contributed by atoms with E-state index in [1.807, 2.05) is 73.5 Å². The quantitative estimate of drug-likeness (QED) is 0.673. The van der Waals surface area contributed by atoms with E-state index >= 15 is 0 Å². The van der Waals surface area contributed by atoms with E-state index in [0.717, 1.165) is 22.4 Å². The summed E-state index contributed by atoms with van der Waals surface area (Å²) < 4.78 is 13.1. The van der Waals surface area contributed by atoms with E-state index in [1.54, 1.807) is 12.1 Å². The van der Waals surface area contributed by atoms with Crippen LogP contribution in [0.4, 0.5) is 10.1 Å². The van der Waals surface area contributed by atoms with Gasteiger partial charge < -0.3 is 5.32 Å². The van der Waals surface area contributed by atoms with Gasteiger partial charge in [-0.3, -0.25) is 9.69 Å². The molecule has 3 aromatic carbocycles. The normalized spacial score (nSPS) is 12.0. The molecule has 0 heterocycles. The molecule has 0 fully saturated rings. The average molecular weight is 362 g/mol. The van der Waals surface area contributed by atoms with Crippen LogP contribution < -0.4 is 5.32 Å². The maximum Gasteiger partial charge on any atom is 0.241 e. The predicted octanol–water partition coefficient (Wildman–Crippen LogP) is 4.95. The molecule has 1 amide bonds. The number of nitrogens with one attached hydrogen (secondary N) is 1. The fourth-order valence-electron chi connectivity index (χ4n) is 2.91. The van der Waals surface area contributed by atoms with Crippen molar-refractivity contribution in [3.05, 3.63) is 90.2 Å². The lowest BCUT2D eigenvalue weighted by atomic mass is 10.0. The molecule has 0 radical (unpaired) electrons. The summed E-state index contributed by atoms with van der Waals surface area (Å²) in [6, 6.07) is 23.8. The van der Waals surface area contributed by atoms with Crippen molar-refractivity contribution in [2.24, 2.45) is 0 Å². The number of rotatable bonds is 6. The molecule has 0 bridgehead atoms. The summed E-state index contributed by atoms with van der Waals surface area (Å²) in [5.41, 5.74) is 3.79. The van der Waals surface area contributed by atoms with Gasteiger partial charge in [0.05, 0.1) is 6.04 Å². The van der Waals surface area contributed by atoms with Crippen LogP contribution in [0.15, 0.2) is 78.9 Å². The molecule has 27 heavy (non-hydrogen) atoms. The van der Waals surface area contributed by atoms with Gasteiger partial charge in [-0.1, -0.05) is 60.7 Å². The zero-order valence-electron chi connectivity index (χ0n) is 15.5. The van der Waals surface area contributed by atoms with Crippen molar-refractivity contribution in [1.82, 2.24) is 4.90 Å². The van der Waals surface area contributed by atoms with Crippen molar-refractivity contribution in [1.29, 1.82) is 0 Å². The lowest BCUT2D eigenvalue weighted by molar-refractivity contribution is -0.120. The third-order valence-corrected chi connectivity index (χ3v) is 4.66. The molecule has 1 N–H and O–H groups in total. The van der Waals surface area contributed by atoms with Crippen LogP contribution in [0.5, 0.6) is 0 Å². The smallest absolute Gasteiger partial charge is 0.241 e. The maximum atomic E-state index is 13.1. The zero-order chi connectivity index (χ0) is 19.2. The maximum absolute atomic E-state index is 13.1. The highest BCUT2D eigenvalue weighted by Gasteiger charge is 2.19. The number of carbonyl (C=O) groups is 1. The Bertz CT molecular complexity index is 894. The summed E-state index contributed by atoms with van der Waals surface area (Å²) in [6.07, 6.45) is 0. The van der Waals surface area contributed by atoms with Gasteiger partial charge in [-0.15, -0.1) is 0 Å².